The molecule has 0 saturated heterocycles. The molecular weight excluding hydrogens is 492 g/mol. The first-order valence-corrected chi connectivity index (χ1v) is 13.6. The van der Waals surface area contributed by atoms with E-state index in [-0.39, 0.29) is 17.7 Å². The van der Waals surface area contributed by atoms with E-state index in [1.165, 1.54) is 27.2 Å². The standard InChI is InChI=1S/C27H34N4O3S2/c1-27(2,29)13-7-12-24(32)30(3)22(15-18-17-36-23-11-6-5-10-20(18)23)26(34)31(4)21(25(28)33)16-19-9-8-14-35-19/h5-12,14,17,21-22H,13,15-16,29H2,1-4H3,(H2,28,33)/p+1/b12-7+/t21-,22-/m1/s1. The molecule has 3 rings (SSSR count). The van der Waals surface area contributed by atoms with Gasteiger partial charge in [0.1, 0.15) is 6.04 Å². The Morgan fingerprint density at radius 2 is 1.75 bits per heavy atom. The van der Waals surface area contributed by atoms with Crippen LogP contribution in [-0.2, 0) is 27.2 Å². The predicted octanol–water partition coefficient (Wildman–Crippen LogP) is 2.85. The van der Waals surface area contributed by atoms with Gasteiger partial charge in [-0.05, 0) is 60.2 Å². The van der Waals surface area contributed by atoms with Crippen LogP contribution < -0.4 is 11.5 Å². The Hall–Kier alpha value is -2.85. The van der Waals surface area contributed by atoms with Crippen molar-refractivity contribution in [2.24, 2.45) is 5.73 Å². The SMILES string of the molecule is CN(C(=O)/C=C/CC(C)(C)N)[C@H](Cc1csc2ccccc12)C(=O)N(C)[C@H](Cc1cccs1)C([NH3+])=O. The molecule has 0 spiro atoms. The zero-order valence-electron chi connectivity index (χ0n) is 21.3. The number of nitrogens with two attached hydrogens (primary N) is 1. The zero-order valence-corrected chi connectivity index (χ0v) is 22.9. The molecule has 2 aromatic heterocycles. The Morgan fingerprint density at radius 3 is 2.39 bits per heavy atom. The van der Waals surface area contributed by atoms with Crippen LogP contribution in [0.2, 0.25) is 0 Å². The lowest BCUT2D eigenvalue weighted by molar-refractivity contribution is -0.311. The van der Waals surface area contributed by atoms with Crippen molar-refractivity contribution in [3.8, 4) is 0 Å². The number of rotatable bonds is 11. The van der Waals surface area contributed by atoms with Gasteiger partial charge >= 0.3 is 5.91 Å². The molecule has 0 aliphatic carbocycles. The van der Waals surface area contributed by atoms with Crippen LogP contribution >= 0.6 is 22.7 Å². The number of nitrogens with zero attached hydrogens (tertiary/aromatic N) is 2. The van der Waals surface area contributed by atoms with E-state index in [4.69, 9.17) is 5.73 Å². The summed E-state index contributed by atoms with van der Waals surface area (Å²) in [6, 6.07) is 10.4. The van der Waals surface area contributed by atoms with Crippen LogP contribution in [0.15, 0.2) is 59.3 Å². The molecule has 9 heteroatoms. The fraction of sp³-hybridized carbons (Fsp3) is 0.370. The van der Waals surface area contributed by atoms with E-state index in [9.17, 15) is 14.4 Å². The smallest absolute Gasteiger partial charge is 0.330 e. The summed E-state index contributed by atoms with van der Waals surface area (Å²) in [7, 11) is 3.25. The summed E-state index contributed by atoms with van der Waals surface area (Å²) >= 11 is 3.14. The number of fused-ring (bicyclic) bond motifs is 1. The molecule has 3 aromatic rings. The molecule has 0 saturated carbocycles. The second-order valence-electron chi connectivity index (χ2n) is 9.74. The monoisotopic (exact) mass is 527 g/mol. The van der Waals surface area contributed by atoms with Crippen molar-refractivity contribution in [2.75, 3.05) is 14.1 Å². The lowest BCUT2D eigenvalue weighted by Crippen LogP contribution is -2.67. The van der Waals surface area contributed by atoms with E-state index in [1.807, 2.05) is 61.0 Å². The summed E-state index contributed by atoms with van der Waals surface area (Å²) in [6.07, 6.45) is 4.46. The van der Waals surface area contributed by atoms with Crippen molar-refractivity contribution in [1.29, 1.82) is 0 Å². The average Bonchev–Trinajstić information content (AvgIpc) is 3.48. The van der Waals surface area contributed by atoms with E-state index in [0.29, 0.717) is 19.3 Å². The van der Waals surface area contributed by atoms with Gasteiger partial charge in [-0.2, -0.15) is 0 Å². The molecule has 36 heavy (non-hydrogen) atoms. The quantitative estimate of drug-likeness (QED) is 0.374. The van der Waals surface area contributed by atoms with E-state index in [0.717, 1.165) is 20.5 Å². The van der Waals surface area contributed by atoms with Crippen LogP contribution in [0.5, 0.6) is 0 Å². The van der Waals surface area contributed by atoms with Crippen molar-refractivity contribution < 1.29 is 20.1 Å². The average molecular weight is 528 g/mol. The minimum atomic E-state index is -0.791. The van der Waals surface area contributed by atoms with Crippen LogP contribution in [0.3, 0.4) is 0 Å². The maximum atomic E-state index is 13.9. The molecule has 3 amide bonds. The summed E-state index contributed by atoms with van der Waals surface area (Å²) < 4.78 is 1.12. The van der Waals surface area contributed by atoms with Crippen LogP contribution in [0.25, 0.3) is 10.1 Å². The molecule has 2 heterocycles. The third-order valence-corrected chi connectivity index (χ3v) is 8.05. The van der Waals surface area contributed by atoms with Gasteiger partial charge in [0.25, 0.3) is 0 Å². The van der Waals surface area contributed by atoms with Crippen molar-refractivity contribution >= 4 is 50.5 Å². The molecule has 0 radical (unpaired) electrons. The van der Waals surface area contributed by atoms with Gasteiger partial charge < -0.3 is 15.5 Å². The van der Waals surface area contributed by atoms with E-state index in [2.05, 4.69) is 5.73 Å². The number of hydrogen-bond donors (Lipinski definition) is 2. The minimum absolute atomic E-state index is 0.290. The molecule has 0 fully saturated rings. The number of benzene rings is 1. The second kappa shape index (κ2) is 11.9. The van der Waals surface area contributed by atoms with Gasteiger partial charge in [-0.3, -0.25) is 15.3 Å². The molecule has 0 bridgehead atoms. The topological polar surface area (TPSA) is 111 Å². The number of thiophene rings is 2. The largest absolute Gasteiger partial charge is 0.331 e. The second-order valence-corrected chi connectivity index (χ2v) is 11.7. The van der Waals surface area contributed by atoms with E-state index < -0.39 is 17.6 Å². The lowest BCUT2D eigenvalue weighted by atomic mass is 10.0. The molecule has 7 nitrogen and oxygen atoms in total. The Labute approximate surface area is 220 Å². The Bertz CT molecular complexity index is 1230. The molecule has 192 valence electrons. The highest BCUT2D eigenvalue weighted by Crippen LogP contribution is 2.28. The van der Waals surface area contributed by atoms with Crippen molar-refractivity contribution in [2.45, 2.75) is 50.7 Å². The molecule has 5 N–H and O–H groups in total. The van der Waals surface area contributed by atoms with Crippen molar-refractivity contribution in [1.82, 2.24) is 9.80 Å². The number of quaternary nitrogens is 1. The first-order chi connectivity index (χ1) is 17.0. The molecule has 0 aliphatic heterocycles. The summed E-state index contributed by atoms with van der Waals surface area (Å²) in [5.74, 6) is -0.924. The number of amides is 3. The Morgan fingerprint density at radius 1 is 1.03 bits per heavy atom. The summed E-state index contributed by atoms with van der Waals surface area (Å²) in [4.78, 5) is 43.3. The summed E-state index contributed by atoms with van der Waals surface area (Å²) in [6.45, 7) is 3.77. The molecule has 0 aliphatic rings. The summed E-state index contributed by atoms with van der Waals surface area (Å²) in [5.41, 5.74) is 10.2. The predicted molar refractivity (Wildman–Crippen MR) is 147 cm³/mol. The minimum Gasteiger partial charge on any atom is -0.330 e. The third-order valence-electron chi connectivity index (χ3n) is 6.14. The first kappa shape index (κ1) is 27.7. The molecule has 2 atom stereocenters. The normalized spacial score (nSPS) is 13.6. The molecule has 1 aromatic carbocycles. The van der Waals surface area contributed by atoms with Crippen molar-refractivity contribution in [3.63, 3.8) is 0 Å². The van der Waals surface area contributed by atoms with E-state index >= 15 is 0 Å². The fourth-order valence-electron chi connectivity index (χ4n) is 4.00. The fourth-order valence-corrected chi connectivity index (χ4v) is 5.72. The number of likely N-dealkylation sites (N-methyl/N-ethyl adjacent to an activating group) is 2. The van der Waals surface area contributed by atoms with Crippen LogP contribution in [0.4, 0.5) is 0 Å². The maximum absolute atomic E-state index is 13.9. The van der Waals surface area contributed by atoms with Gasteiger partial charge in [-0.25, -0.2) is 4.79 Å². The Kier molecular flexibility index (Phi) is 9.19. The highest BCUT2D eigenvalue weighted by atomic mass is 32.1. The van der Waals surface area contributed by atoms with Gasteiger partial charge in [-0.15, -0.1) is 22.7 Å². The lowest BCUT2D eigenvalue weighted by Gasteiger charge is -2.32. The van der Waals surface area contributed by atoms with Gasteiger partial charge in [0.05, 0.1) is 0 Å². The third kappa shape index (κ3) is 7.10. The first-order valence-electron chi connectivity index (χ1n) is 11.8. The number of hydrogen-bond acceptors (Lipinski definition) is 6. The number of carbonyl (C=O) groups excluding carboxylic acids is 3. The molecule has 0 unspecified atom stereocenters. The maximum Gasteiger partial charge on any atom is 0.331 e. The van der Waals surface area contributed by atoms with Gasteiger partial charge in [0, 0.05) is 42.1 Å². The Balaban J connectivity index is 1.90. The highest BCUT2D eigenvalue weighted by Gasteiger charge is 2.35. The van der Waals surface area contributed by atoms with Crippen molar-refractivity contribution in [3.05, 3.63) is 69.8 Å². The summed E-state index contributed by atoms with van der Waals surface area (Å²) in [5, 5.41) is 5.03. The zero-order chi connectivity index (χ0) is 26.5. The highest BCUT2D eigenvalue weighted by molar-refractivity contribution is 7.17. The van der Waals surface area contributed by atoms with Gasteiger partial charge in [0.2, 0.25) is 11.8 Å². The van der Waals surface area contributed by atoms with Gasteiger partial charge in [0.15, 0.2) is 6.04 Å². The van der Waals surface area contributed by atoms with Crippen LogP contribution in [0, 0.1) is 0 Å². The molecular formula is C27H35N4O3S2+. The van der Waals surface area contributed by atoms with E-state index in [1.54, 1.807) is 31.5 Å². The van der Waals surface area contributed by atoms with Gasteiger partial charge in [-0.1, -0.05) is 30.3 Å². The number of carbonyl (C=O) groups is 3. The van der Waals surface area contributed by atoms with Crippen LogP contribution in [-0.4, -0.2) is 59.2 Å². The van der Waals surface area contributed by atoms with Crippen LogP contribution in [0.1, 0.15) is 30.7 Å².